The molecule has 22 heavy (non-hydrogen) atoms. The zero-order valence-electron chi connectivity index (χ0n) is 13.9. The van der Waals surface area contributed by atoms with Crippen molar-refractivity contribution in [2.45, 2.75) is 20.3 Å². The van der Waals surface area contributed by atoms with E-state index >= 15 is 0 Å². The van der Waals surface area contributed by atoms with E-state index in [0.29, 0.717) is 0 Å². The van der Waals surface area contributed by atoms with E-state index in [9.17, 15) is 0 Å². The zero-order valence-corrected chi connectivity index (χ0v) is 16.2. The second-order valence-electron chi connectivity index (χ2n) is 6.23. The van der Waals surface area contributed by atoms with E-state index in [1.807, 2.05) is 0 Å². The summed E-state index contributed by atoms with van der Waals surface area (Å²) in [5.74, 6) is 0.924. The van der Waals surface area contributed by atoms with E-state index in [2.05, 4.69) is 34.4 Å². The maximum Gasteiger partial charge on any atom is 0.191 e. The molecule has 0 bridgehead atoms. The monoisotopic (exact) mass is 426 g/mol. The quantitative estimate of drug-likeness (QED) is 0.275. The van der Waals surface area contributed by atoms with Crippen molar-refractivity contribution in [3.8, 4) is 0 Å². The molecule has 2 rings (SSSR count). The van der Waals surface area contributed by atoms with Crippen LogP contribution in [0.25, 0.3) is 0 Å². The van der Waals surface area contributed by atoms with E-state index in [1.165, 1.54) is 0 Å². The molecule has 0 atom stereocenters. The molecule has 0 aromatic rings. The van der Waals surface area contributed by atoms with Gasteiger partial charge in [0, 0.05) is 31.6 Å². The first-order valence-electron chi connectivity index (χ1n) is 8.12. The van der Waals surface area contributed by atoms with Gasteiger partial charge in [0.15, 0.2) is 5.96 Å². The molecule has 2 aliphatic heterocycles. The summed E-state index contributed by atoms with van der Waals surface area (Å²) in [6.07, 6.45) is 1.13. The summed E-state index contributed by atoms with van der Waals surface area (Å²) in [7, 11) is 0. The Morgan fingerprint density at radius 3 is 2.50 bits per heavy atom. The Balaban J connectivity index is 0.00000242. The van der Waals surface area contributed by atoms with Gasteiger partial charge in [0.2, 0.25) is 0 Å². The normalized spacial score (nSPS) is 21.6. The first-order valence-corrected chi connectivity index (χ1v) is 8.12. The van der Waals surface area contributed by atoms with Crippen LogP contribution in [-0.4, -0.2) is 76.6 Å². The van der Waals surface area contributed by atoms with E-state index in [-0.39, 0.29) is 29.4 Å². The minimum atomic E-state index is 0. The lowest BCUT2D eigenvalue weighted by Gasteiger charge is -2.36. The third-order valence-electron chi connectivity index (χ3n) is 3.91. The van der Waals surface area contributed by atoms with E-state index in [0.717, 1.165) is 78.1 Å². The SMILES string of the molecule is CCNC(=NCC1(C)COC1)NCCCN1CCOCC1.I. The zero-order chi connectivity index (χ0) is 15.0. The van der Waals surface area contributed by atoms with Crippen molar-refractivity contribution < 1.29 is 9.47 Å². The fourth-order valence-electron chi connectivity index (χ4n) is 2.49. The van der Waals surface area contributed by atoms with Gasteiger partial charge in [-0.05, 0) is 19.9 Å². The Labute approximate surface area is 151 Å². The highest BCUT2D eigenvalue weighted by Crippen LogP contribution is 2.26. The molecule has 0 saturated carbocycles. The van der Waals surface area contributed by atoms with Crippen molar-refractivity contribution in [3.63, 3.8) is 0 Å². The predicted octanol–water partition coefficient (Wildman–Crippen LogP) is 0.918. The van der Waals surface area contributed by atoms with Gasteiger partial charge in [-0.15, -0.1) is 24.0 Å². The number of hydrogen-bond donors (Lipinski definition) is 2. The molecule has 6 nitrogen and oxygen atoms in total. The third kappa shape index (κ3) is 6.97. The fraction of sp³-hybridized carbons (Fsp3) is 0.933. The highest BCUT2D eigenvalue weighted by molar-refractivity contribution is 14.0. The summed E-state index contributed by atoms with van der Waals surface area (Å²) in [4.78, 5) is 7.13. The van der Waals surface area contributed by atoms with Crippen LogP contribution in [0.4, 0.5) is 0 Å². The first kappa shape index (κ1) is 19.9. The van der Waals surface area contributed by atoms with Crippen molar-refractivity contribution >= 4 is 29.9 Å². The van der Waals surface area contributed by atoms with Crippen LogP contribution >= 0.6 is 24.0 Å². The van der Waals surface area contributed by atoms with Crippen LogP contribution in [-0.2, 0) is 9.47 Å². The molecule has 0 aromatic heterocycles. The highest BCUT2D eigenvalue weighted by atomic mass is 127. The Morgan fingerprint density at radius 1 is 1.18 bits per heavy atom. The molecule has 130 valence electrons. The van der Waals surface area contributed by atoms with Gasteiger partial charge in [0.1, 0.15) is 0 Å². The van der Waals surface area contributed by atoms with Crippen molar-refractivity contribution in [1.29, 1.82) is 0 Å². The molecule has 7 heteroatoms. The number of hydrogen-bond acceptors (Lipinski definition) is 4. The summed E-state index contributed by atoms with van der Waals surface area (Å²) in [6.45, 7) is 13.6. The number of nitrogens with one attached hydrogen (secondary N) is 2. The van der Waals surface area contributed by atoms with Crippen molar-refractivity contribution in [3.05, 3.63) is 0 Å². The molecular formula is C15H31IN4O2. The molecular weight excluding hydrogens is 395 g/mol. The van der Waals surface area contributed by atoms with Crippen molar-refractivity contribution in [2.75, 3.05) is 65.7 Å². The van der Waals surface area contributed by atoms with Gasteiger partial charge >= 0.3 is 0 Å². The summed E-state index contributed by atoms with van der Waals surface area (Å²) in [5, 5.41) is 6.73. The van der Waals surface area contributed by atoms with Crippen molar-refractivity contribution in [1.82, 2.24) is 15.5 Å². The largest absolute Gasteiger partial charge is 0.380 e. The molecule has 0 radical (unpaired) electrons. The molecule has 2 fully saturated rings. The van der Waals surface area contributed by atoms with E-state index in [1.54, 1.807) is 0 Å². The minimum absolute atomic E-state index is 0. The van der Waals surface area contributed by atoms with Crippen LogP contribution in [0.2, 0.25) is 0 Å². The average molecular weight is 426 g/mol. The number of aliphatic imine (C=N–C) groups is 1. The number of guanidine groups is 1. The summed E-state index contributed by atoms with van der Waals surface area (Å²) >= 11 is 0. The van der Waals surface area contributed by atoms with Gasteiger partial charge in [0.25, 0.3) is 0 Å². The number of halogens is 1. The van der Waals surface area contributed by atoms with Gasteiger partial charge in [-0.25, -0.2) is 0 Å². The molecule has 2 aliphatic rings. The van der Waals surface area contributed by atoms with E-state index in [4.69, 9.17) is 9.47 Å². The Kier molecular flexibility index (Phi) is 9.62. The van der Waals surface area contributed by atoms with Crippen LogP contribution in [0.15, 0.2) is 4.99 Å². The molecule has 2 N–H and O–H groups in total. The van der Waals surface area contributed by atoms with Gasteiger partial charge in [0.05, 0.1) is 33.0 Å². The van der Waals surface area contributed by atoms with Gasteiger partial charge in [-0.1, -0.05) is 6.92 Å². The Hall–Kier alpha value is -0.120. The highest BCUT2D eigenvalue weighted by Gasteiger charge is 2.33. The maximum absolute atomic E-state index is 5.36. The van der Waals surface area contributed by atoms with Crippen LogP contribution in [0.5, 0.6) is 0 Å². The summed E-state index contributed by atoms with van der Waals surface area (Å²) in [6, 6.07) is 0. The molecule has 2 saturated heterocycles. The lowest BCUT2D eigenvalue weighted by atomic mass is 9.89. The minimum Gasteiger partial charge on any atom is -0.380 e. The second-order valence-corrected chi connectivity index (χ2v) is 6.23. The molecule has 0 unspecified atom stereocenters. The Bertz CT molecular complexity index is 332. The van der Waals surface area contributed by atoms with Crippen LogP contribution in [0.3, 0.4) is 0 Å². The molecule has 0 amide bonds. The van der Waals surface area contributed by atoms with Crippen LogP contribution in [0.1, 0.15) is 20.3 Å². The first-order chi connectivity index (χ1) is 10.2. The summed E-state index contributed by atoms with van der Waals surface area (Å²) in [5.41, 5.74) is 0.232. The standard InChI is InChI=1S/C15H30N4O2.HI/c1-3-16-14(18-11-15(2)12-21-13-15)17-5-4-6-19-7-9-20-10-8-19;/h3-13H2,1-2H3,(H2,16,17,18);1H. The number of rotatable bonds is 7. The smallest absolute Gasteiger partial charge is 0.191 e. The fourth-order valence-corrected chi connectivity index (χ4v) is 2.49. The van der Waals surface area contributed by atoms with Crippen LogP contribution < -0.4 is 10.6 Å². The lowest BCUT2D eigenvalue weighted by molar-refractivity contribution is -0.0945. The van der Waals surface area contributed by atoms with E-state index < -0.39 is 0 Å². The number of ether oxygens (including phenoxy) is 2. The molecule has 0 aromatic carbocycles. The van der Waals surface area contributed by atoms with Gasteiger partial charge < -0.3 is 20.1 Å². The number of nitrogens with zero attached hydrogens (tertiary/aromatic N) is 2. The Morgan fingerprint density at radius 2 is 1.91 bits per heavy atom. The number of morpholine rings is 1. The lowest BCUT2D eigenvalue weighted by Crippen LogP contribution is -2.45. The summed E-state index contributed by atoms with van der Waals surface area (Å²) < 4.78 is 10.6. The third-order valence-corrected chi connectivity index (χ3v) is 3.91. The molecule has 0 aliphatic carbocycles. The van der Waals surface area contributed by atoms with Crippen LogP contribution in [0, 0.1) is 5.41 Å². The van der Waals surface area contributed by atoms with Crippen molar-refractivity contribution in [2.24, 2.45) is 10.4 Å². The van der Waals surface area contributed by atoms with Gasteiger partial charge in [-0.2, -0.15) is 0 Å². The molecule has 2 heterocycles. The topological polar surface area (TPSA) is 58.1 Å². The average Bonchev–Trinajstić information content (AvgIpc) is 2.48. The maximum atomic E-state index is 5.36. The molecule has 0 spiro atoms. The predicted molar refractivity (Wildman–Crippen MR) is 100 cm³/mol. The van der Waals surface area contributed by atoms with Gasteiger partial charge in [-0.3, -0.25) is 9.89 Å². The second kappa shape index (κ2) is 10.6.